The van der Waals surface area contributed by atoms with Crippen LogP contribution in [0.25, 0.3) is 0 Å². The van der Waals surface area contributed by atoms with Crippen LogP contribution in [0.4, 0.5) is 8.78 Å². The lowest BCUT2D eigenvalue weighted by Crippen LogP contribution is -2.15. The number of hydrogen-bond acceptors (Lipinski definition) is 2. The first-order chi connectivity index (χ1) is 10.9. The minimum absolute atomic E-state index is 0.360. The molecule has 0 saturated heterocycles. The van der Waals surface area contributed by atoms with E-state index in [0.29, 0.717) is 15.6 Å². The molecule has 0 heterocycles. The second-order valence-corrected chi connectivity index (χ2v) is 5.98. The Morgan fingerprint density at radius 3 is 2.43 bits per heavy atom. The third kappa shape index (κ3) is 4.36. The Labute approximate surface area is 140 Å². The highest BCUT2D eigenvalue weighted by Gasteiger charge is 2.28. The Balaban J connectivity index is 2.52. The van der Waals surface area contributed by atoms with E-state index in [0.717, 1.165) is 0 Å². The van der Waals surface area contributed by atoms with Crippen molar-refractivity contribution in [2.75, 3.05) is 0 Å². The second-order valence-electron chi connectivity index (χ2n) is 5.07. The number of hydrogen-bond donors (Lipinski definition) is 1. The molecule has 3 nitrogen and oxygen atoms in total. The van der Waals surface area contributed by atoms with E-state index < -0.39 is 29.4 Å². The second kappa shape index (κ2) is 7.34. The van der Waals surface area contributed by atoms with Crippen molar-refractivity contribution in [2.45, 2.75) is 18.3 Å². The third-order valence-electron chi connectivity index (χ3n) is 3.46. The number of halogens is 3. The van der Waals surface area contributed by atoms with Crippen molar-refractivity contribution in [3.8, 4) is 6.07 Å². The summed E-state index contributed by atoms with van der Waals surface area (Å²) in [5, 5.41) is 18.6. The fourth-order valence-electron chi connectivity index (χ4n) is 2.50. The molecule has 0 aliphatic carbocycles. The maximum Gasteiger partial charge on any atom is 0.304 e. The van der Waals surface area contributed by atoms with E-state index in [1.54, 1.807) is 12.1 Å². The standard InChI is InChI=1S/C17H12BrF2NO2/c18-12-4-11(6-14(20)7-12)15(8-17(22)23)16(9-21)10-2-1-3-13(19)5-10/h1-7,15-16H,8H2,(H,22,23). The quantitative estimate of drug-likeness (QED) is 0.825. The first kappa shape index (κ1) is 17.1. The van der Waals surface area contributed by atoms with Crippen molar-refractivity contribution in [3.63, 3.8) is 0 Å². The number of nitriles is 1. The number of nitrogens with zero attached hydrogens (tertiary/aromatic N) is 1. The number of benzene rings is 2. The van der Waals surface area contributed by atoms with Gasteiger partial charge in [-0.1, -0.05) is 28.1 Å². The topological polar surface area (TPSA) is 61.1 Å². The van der Waals surface area contributed by atoms with E-state index in [2.05, 4.69) is 15.9 Å². The smallest absolute Gasteiger partial charge is 0.304 e. The monoisotopic (exact) mass is 379 g/mol. The molecule has 118 valence electrons. The fraction of sp³-hybridized carbons (Fsp3) is 0.176. The van der Waals surface area contributed by atoms with Crippen molar-refractivity contribution in [1.82, 2.24) is 0 Å². The number of carboxylic acid groups (broad SMARTS) is 1. The molecule has 2 aromatic rings. The fourth-order valence-corrected chi connectivity index (χ4v) is 2.99. The third-order valence-corrected chi connectivity index (χ3v) is 3.91. The van der Waals surface area contributed by atoms with Crippen LogP contribution in [0, 0.1) is 23.0 Å². The molecule has 2 atom stereocenters. The average molecular weight is 380 g/mol. The maximum atomic E-state index is 13.6. The van der Waals surface area contributed by atoms with E-state index in [4.69, 9.17) is 5.11 Å². The van der Waals surface area contributed by atoms with Gasteiger partial charge in [-0.3, -0.25) is 4.79 Å². The van der Waals surface area contributed by atoms with Crippen molar-refractivity contribution in [3.05, 3.63) is 69.7 Å². The lowest BCUT2D eigenvalue weighted by molar-refractivity contribution is -0.137. The van der Waals surface area contributed by atoms with Gasteiger partial charge in [0.1, 0.15) is 11.6 Å². The highest BCUT2D eigenvalue weighted by molar-refractivity contribution is 9.10. The molecule has 23 heavy (non-hydrogen) atoms. The maximum absolute atomic E-state index is 13.6. The average Bonchev–Trinajstić information content (AvgIpc) is 2.45. The molecular formula is C17H12BrF2NO2. The molecule has 0 spiro atoms. The number of carboxylic acids is 1. The first-order valence-electron chi connectivity index (χ1n) is 6.73. The Kier molecular flexibility index (Phi) is 5.45. The van der Waals surface area contributed by atoms with E-state index in [-0.39, 0.29) is 6.42 Å². The SMILES string of the molecule is N#CC(c1cccc(F)c1)C(CC(=O)O)c1cc(F)cc(Br)c1. The number of carbonyl (C=O) groups is 1. The predicted octanol–water partition coefficient (Wildman–Crippen LogP) is 4.59. The summed E-state index contributed by atoms with van der Waals surface area (Å²) >= 11 is 3.16. The summed E-state index contributed by atoms with van der Waals surface area (Å²) in [5.41, 5.74) is 0.731. The molecule has 2 aromatic carbocycles. The van der Waals surface area contributed by atoms with E-state index in [9.17, 15) is 18.8 Å². The van der Waals surface area contributed by atoms with Crippen molar-refractivity contribution < 1.29 is 18.7 Å². The predicted molar refractivity (Wildman–Crippen MR) is 83.8 cm³/mol. The van der Waals surface area contributed by atoms with Crippen LogP contribution < -0.4 is 0 Å². The molecule has 0 bridgehead atoms. The van der Waals surface area contributed by atoms with Crippen LogP contribution in [-0.4, -0.2) is 11.1 Å². The molecule has 0 aliphatic heterocycles. The molecule has 2 rings (SSSR count). The minimum Gasteiger partial charge on any atom is -0.481 e. The van der Waals surface area contributed by atoms with Crippen molar-refractivity contribution >= 4 is 21.9 Å². The van der Waals surface area contributed by atoms with Gasteiger partial charge in [-0.25, -0.2) is 8.78 Å². The van der Waals surface area contributed by atoms with Gasteiger partial charge in [0.2, 0.25) is 0 Å². The van der Waals surface area contributed by atoms with Gasteiger partial charge in [0.15, 0.2) is 0 Å². The van der Waals surface area contributed by atoms with Crippen LogP contribution >= 0.6 is 15.9 Å². The molecule has 1 N–H and O–H groups in total. The van der Waals surface area contributed by atoms with Gasteiger partial charge < -0.3 is 5.11 Å². The van der Waals surface area contributed by atoms with Crippen LogP contribution in [0.15, 0.2) is 46.9 Å². The van der Waals surface area contributed by atoms with Gasteiger partial charge in [0.05, 0.1) is 18.4 Å². The van der Waals surface area contributed by atoms with Gasteiger partial charge in [0, 0.05) is 10.4 Å². The van der Waals surface area contributed by atoms with Crippen LogP contribution in [0.3, 0.4) is 0 Å². The van der Waals surface area contributed by atoms with Gasteiger partial charge in [-0.15, -0.1) is 0 Å². The zero-order chi connectivity index (χ0) is 17.0. The lowest BCUT2D eigenvalue weighted by Gasteiger charge is -2.22. The first-order valence-corrected chi connectivity index (χ1v) is 7.53. The molecular weight excluding hydrogens is 368 g/mol. The summed E-state index contributed by atoms with van der Waals surface area (Å²) in [5.74, 6) is -3.88. The summed E-state index contributed by atoms with van der Waals surface area (Å²) in [6.07, 6.45) is -0.370. The highest BCUT2D eigenvalue weighted by atomic mass is 79.9. The van der Waals surface area contributed by atoms with E-state index in [1.165, 1.54) is 30.3 Å². The lowest BCUT2D eigenvalue weighted by atomic mass is 9.80. The Bertz CT molecular complexity index is 753. The van der Waals surface area contributed by atoms with Crippen LogP contribution in [0.1, 0.15) is 29.4 Å². The molecule has 0 amide bonds. The Morgan fingerprint density at radius 1 is 1.17 bits per heavy atom. The summed E-state index contributed by atoms with van der Waals surface area (Å²) in [7, 11) is 0. The largest absolute Gasteiger partial charge is 0.481 e. The van der Waals surface area contributed by atoms with Crippen LogP contribution in [-0.2, 0) is 4.79 Å². The highest BCUT2D eigenvalue weighted by Crippen LogP contribution is 2.37. The molecule has 6 heteroatoms. The normalized spacial score (nSPS) is 13.1. The summed E-state index contributed by atoms with van der Waals surface area (Å²) in [4.78, 5) is 11.2. The number of rotatable bonds is 5. The van der Waals surface area contributed by atoms with Crippen molar-refractivity contribution in [1.29, 1.82) is 5.26 Å². The van der Waals surface area contributed by atoms with Gasteiger partial charge in [0.25, 0.3) is 0 Å². The van der Waals surface area contributed by atoms with E-state index >= 15 is 0 Å². The zero-order valence-electron chi connectivity index (χ0n) is 11.8. The molecule has 2 unspecified atom stereocenters. The molecule has 0 fully saturated rings. The van der Waals surface area contributed by atoms with Gasteiger partial charge in [-0.05, 0) is 41.5 Å². The van der Waals surface area contributed by atoms with Gasteiger partial charge >= 0.3 is 5.97 Å². The number of aliphatic carboxylic acids is 1. The Hall–Kier alpha value is -2.26. The summed E-state index contributed by atoms with van der Waals surface area (Å²) < 4.78 is 27.5. The van der Waals surface area contributed by atoms with Gasteiger partial charge in [-0.2, -0.15) is 5.26 Å². The molecule has 0 aromatic heterocycles. The zero-order valence-corrected chi connectivity index (χ0v) is 13.4. The Morgan fingerprint density at radius 2 is 1.87 bits per heavy atom. The molecule has 0 radical (unpaired) electrons. The summed E-state index contributed by atoms with van der Waals surface area (Å²) in [6, 6.07) is 11.5. The molecule has 0 saturated carbocycles. The van der Waals surface area contributed by atoms with Crippen molar-refractivity contribution in [2.24, 2.45) is 0 Å². The summed E-state index contributed by atoms with van der Waals surface area (Å²) in [6.45, 7) is 0. The van der Waals surface area contributed by atoms with E-state index in [1.807, 2.05) is 6.07 Å². The minimum atomic E-state index is -1.12. The van der Waals surface area contributed by atoms with Crippen LogP contribution in [0.2, 0.25) is 0 Å². The van der Waals surface area contributed by atoms with Crippen LogP contribution in [0.5, 0.6) is 0 Å². The molecule has 0 aliphatic rings.